The lowest BCUT2D eigenvalue weighted by molar-refractivity contribution is -0.383. The van der Waals surface area contributed by atoms with Crippen LogP contribution in [0.5, 0.6) is 0 Å². The molecule has 6 heteroatoms. The molecule has 0 heterocycles. The van der Waals surface area contributed by atoms with E-state index in [9.17, 15) is 10.1 Å². The van der Waals surface area contributed by atoms with Gasteiger partial charge in [0.25, 0.3) is 0 Å². The van der Waals surface area contributed by atoms with Gasteiger partial charge in [-0.2, -0.15) is 0 Å². The monoisotopic (exact) mass is 291 g/mol. The molecule has 0 amide bonds. The average molecular weight is 292 g/mol. The number of nitrogens with zero attached hydrogens (tertiary/aromatic N) is 1. The Labute approximate surface area is 121 Å². The van der Waals surface area contributed by atoms with Crippen molar-refractivity contribution in [3.05, 3.63) is 57.1 Å². The van der Waals surface area contributed by atoms with Gasteiger partial charge in [-0.3, -0.25) is 10.1 Å². The lowest BCUT2D eigenvalue weighted by Crippen LogP contribution is -2.02. The van der Waals surface area contributed by atoms with E-state index in [2.05, 4.69) is 10.6 Å². The third kappa shape index (κ3) is 2.83. The molecule has 0 fully saturated rings. The first kappa shape index (κ1) is 14.1. The summed E-state index contributed by atoms with van der Waals surface area (Å²) >= 11 is 5.96. The minimum absolute atomic E-state index is 0.00868. The van der Waals surface area contributed by atoms with Crippen molar-refractivity contribution in [3.8, 4) is 0 Å². The van der Waals surface area contributed by atoms with Crippen LogP contribution in [0.25, 0.3) is 0 Å². The van der Waals surface area contributed by atoms with Gasteiger partial charge in [0.2, 0.25) is 0 Å². The van der Waals surface area contributed by atoms with Gasteiger partial charge >= 0.3 is 5.69 Å². The fourth-order valence-electron chi connectivity index (χ4n) is 1.92. The van der Waals surface area contributed by atoms with Crippen LogP contribution in [0, 0.1) is 17.0 Å². The molecule has 0 aromatic heterocycles. The van der Waals surface area contributed by atoms with Crippen molar-refractivity contribution in [1.29, 1.82) is 0 Å². The Balaban J connectivity index is 2.48. The standard InChI is InChI=1S/C14H14ClN3O2/c1-9-6-7-10(15)8-13(9)17-12-5-3-4-11(16-2)14(12)18(19)20/h3-8,16-17H,1-2H3. The number of anilines is 3. The summed E-state index contributed by atoms with van der Waals surface area (Å²) in [5, 5.41) is 17.7. The molecule has 20 heavy (non-hydrogen) atoms. The summed E-state index contributed by atoms with van der Waals surface area (Å²) in [6, 6.07) is 10.5. The van der Waals surface area contributed by atoms with E-state index >= 15 is 0 Å². The number of halogens is 1. The van der Waals surface area contributed by atoms with Gasteiger partial charge in [-0.25, -0.2) is 0 Å². The maximum absolute atomic E-state index is 11.2. The number of aryl methyl sites for hydroxylation is 1. The van der Waals surface area contributed by atoms with Gasteiger partial charge in [0, 0.05) is 17.8 Å². The summed E-state index contributed by atoms with van der Waals surface area (Å²) in [5.41, 5.74) is 2.59. The largest absolute Gasteiger partial charge is 0.382 e. The van der Waals surface area contributed by atoms with Crippen molar-refractivity contribution in [2.24, 2.45) is 0 Å². The SMILES string of the molecule is CNc1cccc(Nc2cc(Cl)ccc2C)c1[N+](=O)[O-]. The molecule has 0 aliphatic carbocycles. The molecule has 0 aliphatic rings. The summed E-state index contributed by atoms with van der Waals surface area (Å²) in [7, 11) is 1.65. The predicted molar refractivity (Wildman–Crippen MR) is 82.1 cm³/mol. The minimum Gasteiger partial charge on any atom is -0.382 e. The average Bonchev–Trinajstić information content (AvgIpc) is 2.42. The van der Waals surface area contributed by atoms with E-state index in [1.54, 1.807) is 37.4 Å². The Morgan fingerprint density at radius 2 is 1.85 bits per heavy atom. The Morgan fingerprint density at radius 3 is 2.50 bits per heavy atom. The van der Waals surface area contributed by atoms with Gasteiger partial charge in [0.15, 0.2) is 0 Å². The molecule has 104 valence electrons. The van der Waals surface area contributed by atoms with Crippen molar-refractivity contribution in [2.45, 2.75) is 6.92 Å². The summed E-state index contributed by atoms with van der Waals surface area (Å²) in [4.78, 5) is 10.8. The number of hydrogen-bond donors (Lipinski definition) is 2. The molecule has 2 N–H and O–H groups in total. The van der Waals surface area contributed by atoms with Crippen molar-refractivity contribution < 1.29 is 4.92 Å². The highest BCUT2D eigenvalue weighted by molar-refractivity contribution is 6.30. The van der Waals surface area contributed by atoms with Crippen LogP contribution >= 0.6 is 11.6 Å². The molecule has 0 saturated carbocycles. The van der Waals surface area contributed by atoms with E-state index in [1.807, 2.05) is 13.0 Å². The summed E-state index contributed by atoms with van der Waals surface area (Å²) in [5.74, 6) is 0. The third-order valence-electron chi connectivity index (χ3n) is 2.96. The molecule has 2 rings (SSSR count). The number of nitrogens with one attached hydrogen (secondary N) is 2. The number of para-hydroxylation sites is 1. The van der Waals surface area contributed by atoms with Crippen LogP contribution in [-0.4, -0.2) is 12.0 Å². The van der Waals surface area contributed by atoms with Gasteiger partial charge < -0.3 is 10.6 Å². The van der Waals surface area contributed by atoms with E-state index in [1.165, 1.54) is 0 Å². The fourth-order valence-corrected chi connectivity index (χ4v) is 2.09. The maximum atomic E-state index is 11.2. The van der Waals surface area contributed by atoms with Gasteiger partial charge in [0.05, 0.1) is 4.92 Å². The maximum Gasteiger partial charge on any atom is 0.315 e. The second-order valence-corrected chi connectivity index (χ2v) is 4.73. The van der Waals surface area contributed by atoms with E-state index in [-0.39, 0.29) is 5.69 Å². The molecule has 0 bridgehead atoms. The minimum atomic E-state index is -0.409. The van der Waals surface area contributed by atoms with Crippen molar-refractivity contribution in [1.82, 2.24) is 0 Å². The van der Waals surface area contributed by atoms with Gasteiger partial charge in [-0.05, 0) is 36.8 Å². The molecule has 0 saturated heterocycles. The first-order chi connectivity index (χ1) is 9.52. The smallest absolute Gasteiger partial charge is 0.315 e. The molecule has 0 unspecified atom stereocenters. The summed E-state index contributed by atoms with van der Waals surface area (Å²) < 4.78 is 0. The van der Waals surface area contributed by atoms with Crippen LogP contribution in [-0.2, 0) is 0 Å². The topological polar surface area (TPSA) is 67.2 Å². The third-order valence-corrected chi connectivity index (χ3v) is 3.19. The molecule has 5 nitrogen and oxygen atoms in total. The molecular formula is C14H14ClN3O2. The first-order valence-electron chi connectivity index (χ1n) is 6.01. The lowest BCUT2D eigenvalue weighted by Gasteiger charge is -2.12. The van der Waals surface area contributed by atoms with Crippen molar-refractivity contribution in [2.75, 3.05) is 17.7 Å². The molecule has 0 spiro atoms. The van der Waals surface area contributed by atoms with Crippen LogP contribution in [0.1, 0.15) is 5.56 Å². The molecule has 0 atom stereocenters. The molecule has 0 aliphatic heterocycles. The van der Waals surface area contributed by atoms with Crippen LogP contribution in [0.15, 0.2) is 36.4 Å². The second-order valence-electron chi connectivity index (χ2n) is 4.29. The van der Waals surface area contributed by atoms with Crippen LogP contribution in [0.2, 0.25) is 5.02 Å². The van der Waals surface area contributed by atoms with Crippen molar-refractivity contribution in [3.63, 3.8) is 0 Å². The molecular weight excluding hydrogens is 278 g/mol. The second kappa shape index (κ2) is 5.79. The first-order valence-corrected chi connectivity index (χ1v) is 6.39. The van der Waals surface area contributed by atoms with E-state index in [0.717, 1.165) is 11.3 Å². The highest BCUT2D eigenvalue weighted by atomic mass is 35.5. The van der Waals surface area contributed by atoms with Gasteiger partial charge in [-0.15, -0.1) is 0 Å². The number of hydrogen-bond acceptors (Lipinski definition) is 4. The zero-order valence-electron chi connectivity index (χ0n) is 11.1. The van der Waals surface area contributed by atoms with Gasteiger partial charge in [-0.1, -0.05) is 23.7 Å². The number of nitro benzene ring substituents is 1. The Hall–Kier alpha value is -2.27. The highest BCUT2D eigenvalue weighted by Gasteiger charge is 2.19. The summed E-state index contributed by atoms with van der Waals surface area (Å²) in [6.45, 7) is 1.91. The Morgan fingerprint density at radius 1 is 1.15 bits per heavy atom. The number of rotatable bonds is 4. The number of nitro groups is 1. The molecule has 0 radical (unpaired) electrons. The molecule has 2 aromatic rings. The Kier molecular flexibility index (Phi) is 4.10. The van der Waals surface area contributed by atoms with E-state index in [4.69, 9.17) is 11.6 Å². The van der Waals surface area contributed by atoms with Crippen molar-refractivity contribution >= 4 is 34.4 Å². The lowest BCUT2D eigenvalue weighted by atomic mass is 10.1. The van der Waals surface area contributed by atoms with E-state index in [0.29, 0.717) is 16.4 Å². The van der Waals surface area contributed by atoms with Crippen LogP contribution in [0.4, 0.5) is 22.7 Å². The number of benzene rings is 2. The zero-order chi connectivity index (χ0) is 14.7. The quantitative estimate of drug-likeness (QED) is 0.649. The summed E-state index contributed by atoms with van der Waals surface area (Å²) in [6.07, 6.45) is 0. The van der Waals surface area contributed by atoms with Crippen LogP contribution in [0.3, 0.4) is 0 Å². The van der Waals surface area contributed by atoms with Crippen LogP contribution < -0.4 is 10.6 Å². The normalized spacial score (nSPS) is 10.2. The zero-order valence-corrected chi connectivity index (χ0v) is 11.9. The fraction of sp³-hybridized carbons (Fsp3) is 0.143. The highest BCUT2D eigenvalue weighted by Crippen LogP contribution is 2.35. The van der Waals surface area contributed by atoms with E-state index < -0.39 is 4.92 Å². The molecule has 2 aromatic carbocycles. The van der Waals surface area contributed by atoms with Gasteiger partial charge in [0.1, 0.15) is 11.4 Å². The predicted octanol–water partition coefficient (Wildman–Crippen LogP) is 4.34. The Bertz CT molecular complexity index is 659.